The summed E-state index contributed by atoms with van der Waals surface area (Å²) in [4.78, 5) is 11.7. The van der Waals surface area contributed by atoms with Crippen LogP contribution in [0.3, 0.4) is 0 Å². The minimum atomic E-state index is 0.582. The summed E-state index contributed by atoms with van der Waals surface area (Å²) < 4.78 is 2.18. The lowest BCUT2D eigenvalue weighted by atomic mass is 10.2. The summed E-state index contributed by atoms with van der Waals surface area (Å²) in [6, 6.07) is 4.31. The number of hydrogen-bond donors (Lipinski definition) is 2. The Hall–Kier alpha value is -1.82. The fraction of sp³-hybridized carbons (Fsp3) is 0.529. The molecule has 0 aliphatic heterocycles. The molecule has 0 amide bonds. The zero-order valence-corrected chi connectivity index (χ0v) is 15.3. The molecule has 0 aliphatic carbocycles. The first-order valence-corrected chi connectivity index (χ1v) is 8.97. The maximum Gasteiger partial charge on any atom is 0.191 e. The Balaban J connectivity index is 1.96. The minimum Gasteiger partial charge on any atom is -0.357 e. The first kappa shape index (κ1) is 17.5. The quantitative estimate of drug-likeness (QED) is 0.604. The second-order valence-corrected chi connectivity index (χ2v) is 7.32. The van der Waals surface area contributed by atoms with Gasteiger partial charge in [-0.05, 0) is 31.9 Å². The van der Waals surface area contributed by atoms with E-state index in [4.69, 9.17) is 0 Å². The van der Waals surface area contributed by atoms with Gasteiger partial charge in [-0.15, -0.1) is 11.3 Å². The van der Waals surface area contributed by atoms with Crippen LogP contribution in [0.25, 0.3) is 0 Å². The van der Waals surface area contributed by atoms with Gasteiger partial charge in [-0.3, -0.25) is 0 Å². The summed E-state index contributed by atoms with van der Waals surface area (Å²) in [5, 5.41) is 6.67. The van der Waals surface area contributed by atoms with Crippen LogP contribution in [0.5, 0.6) is 0 Å². The van der Waals surface area contributed by atoms with Gasteiger partial charge >= 0.3 is 0 Å². The lowest BCUT2D eigenvalue weighted by molar-refractivity contribution is 0.507. The molecule has 2 aromatic rings. The van der Waals surface area contributed by atoms with Gasteiger partial charge in [0.25, 0.3) is 0 Å². The third-order valence-corrected chi connectivity index (χ3v) is 4.31. The Bertz CT molecular complexity index is 626. The molecule has 6 heteroatoms. The smallest absolute Gasteiger partial charge is 0.191 e. The highest BCUT2D eigenvalue weighted by Crippen LogP contribution is 2.14. The fourth-order valence-corrected chi connectivity index (χ4v) is 3.12. The van der Waals surface area contributed by atoms with Crippen LogP contribution in [0, 0.1) is 12.8 Å². The zero-order valence-electron chi connectivity index (χ0n) is 14.5. The number of rotatable bonds is 7. The number of aliphatic imine (C=N–C) groups is 1. The van der Waals surface area contributed by atoms with Crippen LogP contribution in [-0.4, -0.2) is 22.1 Å². The van der Waals surface area contributed by atoms with E-state index in [1.54, 1.807) is 0 Å². The molecule has 0 fully saturated rings. The molecule has 23 heavy (non-hydrogen) atoms. The number of nitrogens with one attached hydrogen (secondary N) is 2. The van der Waals surface area contributed by atoms with Gasteiger partial charge in [0.05, 0.1) is 6.54 Å². The third-order valence-electron chi connectivity index (χ3n) is 3.31. The Morgan fingerprint density at radius 3 is 2.83 bits per heavy atom. The highest BCUT2D eigenvalue weighted by atomic mass is 32.1. The molecule has 0 bridgehead atoms. The Morgan fingerprint density at radius 1 is 1.35 bits per heavy atom. The van der Waals surface area contributed by atoms with Gasteiger partial charge in [-0.25, -0.2) is 9.98 Å². The molecule has 5 nitrogen and oxygen atoms in total. The van der Waals surface area contributed by atoms with Crippen molar-refractivity contribution in [2.45, 2.75) is 47.3 Å². The van der Waals surface area contributed by atoms with Crippen LogP contribution in [-0.2, 0) is 19.6 Å². The summed E-state index contributed by atoms with van der Waals surface area (Å²) in [6.07, 6.45) is 3.88. The lowest BCUT2D eigenvalue weighted by Crippen LogP contribution is -2.36. The van der Waals surface area contributed by atoms with Crippen LogP contribution in [0.4, 0.5) is 0 Å². The predicted molar refractivity (Wildman–Crippen MR) is 97.8 cm³/mol. The number of aryl methyl sites for hydroxylation is 1. The largest absolute Gasteiger partial charge is 0.357 e. The standard InChI is InChI=1S/C17H27N5S/c1-5-18-17(20-10-15-7-6-14(4)23-15)21-11-16-19-8-9-22(16)12-13(2)3/h6-9,13H,5,10-12H2,1-4H3,(H2,18,20,21). The second-order valence-electron chi connectivity index (χ2n) is 5.95. The second kappa shape index (κ2) is 8.72. The number of imidazole rings is 1. The average Bonchev–Trinajstić information content (AvgIpc) is 3.10. The summed E-state index contributed by atoms with van der Waals surface area (Å²) in [5.41, 5.74) is 0. The molecule has 0 unspecified atom stereocenters. The van der Waals surface area contributed by atoms with Crippen LogP contribution in [0.2, 0.25) is 0 Å². The molecule has 0 spiro atoms. The summed E-state index contributed by atoms with van der Waals surface area (Å²) in [6.45, 7) is 11.8. The molecule has 0 saturated heterocycles. The van der Waals surface area contributed by atoms with Gasteiger partial charge in [0.2, 0.25) is 0 Å². The van der Waals surface area contributed by atoms with Crippen molar-refractivity contribution in [1.29, 1.82) is 0 Å². The van der Waals surface area contributed by atoms with Crippen LogP contribution in [0.15, 0.2) is 29.5 Å². The van der Waals surface area contributed by atoms with E-state index in [2.05, 4.69) is 65.0 Å². The molecular weight excluding hydrogens is 306 g/mol. The minimum absolute atomic E-state index is 0.582. The third kappa shape index (κ3) is 5.71. The van der Waals surface area contributed by atoms with Crippen molar-refractivity contribution in [3.63, 3.8) is 0 Å². The number of thiophene rings is 1. The lowest BCUT2D eigenvalue weighted by Gasteiger charge is -2.12. The maximum atomic E-state index is 4.66. The van der Waals surface area contributed by atoms with E-state index >= 15 is 0 Å². The molecule has 0 aliphatic rings. The van der Waals surface area contributed by atoms with Crippen LogP contribution < -0.4 is 10.6 Å². The number of nitrogens with zero attached hydrogens (tertiary/aromatic N) is 3. The maximum absolute atomic E-state index is 4.66. The molecule has 0 aromatic carbocycles. The topological polar surface area (TPSA) is 54.2 Å². The van der Waals surface area contributed by atoms with Crippen LogP contribution in [0.1, 0.15) is 36.3 Å². The fourth-order valence-electron chi connectivity index (χ4n) is 2.29. The zero-order chi connectivity index (χ0) is 16.7. The molecule has 0 atom stereocenters. The Labute approximate surface area is 142 Å². The van der Waals surface area contributed by atoms with Crippen molar-refractivity contribution < 1.29 is 0 Å². The van der Waals surface area contributed by atoms with Crippen molar-refractivity contribution in [3.8, 4) is 0 Å². The van der Waals surface area contributed by atoms with E-state index in [0.29, 0.717) is 12.5 Å². The predicted octanol–water partition coefficient (Wildman–Crippen LogP) is 3.16. The monoisotopic (exact) mass is 333 g/mol. The highest BCUT2D eigenvalue weighted by Gasteiger charge is 2.05. The SMILES string of the molecule is CCNC(=NCc1nccn1CC(C)C)NCc1ccc(C)s1. The highest BCUT2D eigenvalue weighted by molar-refractivity contribution is 7.11. The molecule has 0 radical (unpaired) electrons. The van der Waals surface area contributed by atoms with E-state index in [9.17, 15) is 0 Å². The first-order chi connectivity index (χ1) is 11.1. The molecule has 2 rings (SSSR count). The normalized spacial score (nSPS) is 12.0. The summed E-state index contributed by atoms with van der Waals surface area (Å²) in [7, 11) is 0. The Morgan fingerprint density at radius 2 is 2.17 bits per heavy atom. The van der Waals surface area contributed by atoms with E-state index in [1.807, 2.05) is 23.7 Å². The van der Waals surface area contributed by atoms with E-state index in [1.165, 1.54) is 9.75 Å². The van der Waals surface area contributed by atoms with Gasteiger partial charge in [-0.1, -0.05) is 13.8 Å². The molecule has 2 N–H and O–H groups in total. The van der Waals surface area contributed by atoms with E-state index in [-0.39, 0.29) is 0 Å². The van der Waals surface area contributed by atoms with Gasteiger partial charge in [0.15, 0.2) is 5.96 Å². The van der Waals surface area contributed by atoms with E-state index in [0.717, 1.165) is 31.4 Å². The van der Waals surface area contributed by atoms with Gasteiger partial charge < -0.3 is 15.2 Å². The number of aromatic nitrogens is 2. The first-order valence-electron chi connectivity index (χ1n) is 8.16. The van der Waals surface area contributed by atoms with E-state index < -0.39 is 0 Å². The molecular formula is C17H27N5S. The molecule has 2 heterocycles. The summed E-state index contributed by atoms with van der Waals surface area (Å²) in [5.74, 6) is 2.43. The van der Waals surface area contributed by atoms with Crippen molar-refractivity contribution in [3.05, 3.63) is 40.1 Å². The van der Waals surface area contributed by atoms with Crippen molar-refractivity contribution in [2.24, 2.45) is 10.9 Å². The molecule has 0 saturated carbocycles. The number of guanidine groups is 1. The Kier molecular flexibility index (Phi) is 6.65. The van der Waals surface area contributed by atoms with Crippen molar-refractivity contribution in [2.75, 3.05) is 6.54 Å². The van der Waals surface area contributed by atoms with Gasteiger partial charge in [-0.2, -0.15) is 0 Å². The van der Waals surface area contributed by atoms with Gasteiger partial charge in [0.1, 0.15) is 12.4 Å². The van der Waals surface area contributed by atoms with Gasteiger partial charge in [0, 0.05) is 35.2 Å². The summed E-state index contributed by atoms with van der Waals surface area (Å²) >= 11 is 1.81. The molecule has 126 valence electrons. The molecule has 2 aromatic heterocycles. The van der Waals surface area contributed by atoms with Crippen molar-refractivity contribution >= 4 is 17.3 Å². The van der Waals surface area contributed by atoms with Crippen molar-refractivity contribution in [1.82, 2.24) is 20.2 Å². The van der Waals surface area contributed by atoms with Crippen LogP contribution >= 0.6 is 11.3 Å². The average molecular weight is 334 g/mol. The number of hydrogen-bond acceptors (Lipinski definition) is 3.